The van der Waals surface area contributed by atoms with Crippen LogP contribution in [0, 0.1) is 0 Å². The Bertz CT molecular complexity index is 297. The molecule has 0 aliphatic rings. The van der Waals surface area contributed by atoms with Crippen LogP contribution in [0.25, 0.3) is 0 Å². The molecule has 1 aromatic rings. The zero-order chi connectivity index (χ0) is 11.8. The first kappa shape index (κ1) is 12.9. The number of hydrogen-bond donors (Lipinski definition) is 2. The zero-order valence-corrected chi connectivity index (χ0v) is 9.89. The minimum Gasteiger partial charge on any atom is -0.395 e. The molecule has 0 aromatic heterocycles. The second-order valence-electron chi connectivity index (χ2n) is 4.08. The molecule has 0 fully saturated rings. The van der Waals surface area contributed by atoms with Crippen LogP contribution < -0.4 is 5.32 Å². The Kier molecular flexibility index (Phi) is 5.83. The van der Waals surface area contributed by atoms with Crippen LogP contribution in [-0.4, -0.2) is 17.8 Å². The molecular formula is C14H21NO. The SMILES string of the molecule is C=CCCC(N[C@H](C)CO)c1ccccc1. The first-order valence-electron chi connectivity index (χ1n) is 5.80. The molecule has 0 aliphatic carbocycles. The van der Waals surface area contributed by atoms with Crippen LogP contribution >= 0.6 is 0 Å². The van der Waals surface area contributed by atoms with E-state index in [2.05, 4.69) is 24.0 Å². The fourth-order valence-electron chi connectivity index (χ4n) is 1.71. The quantitative estimate of drug-likeness (QED) is 0.691. The Morgan fingerprint density at radius 2 is 2.06 bits per heavy atom. The molecule has 1 aromatic carbocycles. The van der Waals surface area contributed by atoms with E-state index >= 15 is 0 Å². The summed E-state index contributed by atoms with van der Waals surface area (Å²) >= 11 is 0. The predicted molar refractivity (Wildman–Crippen MR) is 68.3 cm³/mol. The maximum absolute atomic E-state index is 9.07. The summed E-state index contributed by atoms with van der Waals surface area (Å²) in [5, 5.41) is 12.5. The van der Waals surface area contributed by atoms with Crippen molar-refractivity contribution in [3.8, 4) is 0 Å². The van der Waals surface area contributed by atoms with Crippen molar-refractivity contribution < 1.29 is 5.11 Å². The van der Waals surface area contributed by atoms with Crippen molar-refractivity contribution in [1.29, 1.82) is 0 Å². The van der Waals surface area contributed by atoms with E-state index in [1.165, 1.54) is 5.56 Å². The number of benzene rings is 1. The fourth-order valence-corrected chi connectivity index (χ4v) is 1.71. The van der Waals surface area contributed by atoms with E-state index in [1.807, 2.05) is 31.2 Å². The lowest BCUT2D eigenvalue weighted by molar-refractivity contribution is 0.239. The molecule has 2 heteroatoms. The van der Waals surface area contributed by atoms with Crippen LogP contribution in [0.1, 0.15) is 31.4 Å². The van der Waals surface area contributed by atoms with Crippen LogP contribution in [0.4, 0.5) is 0 Å². The fraction of sp³-hybridized carbons (Fsp3) is 0.429. The van der Waals surface area contributed by atoms with Crippen LogP contribution in [0.5, 0.6) is 0 Å². The van der Waals surface area contributed by atoms with Gasteiger partial charge >= 0.3 is 0 Å². The number of allylic oxidation sites excluding steroid dienone is 1. The largest absolute Gasteiger partial charge is 0.395 e. The molecule has 1 rings (SSSR count). The van der Waals surface area contributed by atoms with Crippen molar-refractivity contribution in [2.45, 2.75) is 31.8 Å². The monoisotopic (exact) mass is 219 g/mol. The number of nitrogens with one attached hydrogen (secondary N) is 1. The summed E-state index contributed by atoms with van der Waals surface area (Å²) in [7, 11) is 0. The Morgan fingerprint density at radius 1 is 1.38 bits per heavy atom. The minimum absolute atomic E-state index is 0.120. The Balaban J connectivity index is 2.66. The van der Waals surface area contributed by atoms with Crippen molar-refractivity contribution in [2.24, 2.45) is 0 Å². The van der Waals surface area contributed by atoms with Crippen molar-refractivity contribution in [2.75, 3.05) is 6.61 Å². The molecule has 2 N–H and O–H groups in total. The molecular weight excluding hydrogens is 198 g/mol. The van der Waals surface area contributed by atoms with Gasteiger partial charge in [-0.2, -0.15) is 0 Å². The van der Waals surface area contributed by atoms with E-state index in [1.54, 1.807) is 0 Å². The van der Waals surface area contributed by atoms with E-state index in [0.717, 1.165) is 12.8 Å². The first-order chi connectivity index (χ1) is 7.77. The summed E-state index contributed by atoms with van der Waals surface area (Å²) in [4.78, 5) is 0. The molecule has 2 nitrogen and oxygen atoms in total. The van der Waals surface area contributed by atoms with E-state index in [4.69, 9.17) is 5.11 Å². The average Bonchev–Trinajstić information content (AvgIpc) is 2.35. The van der Waals surface area contributed by atoms with Gasteiger partial charge in [-0.15, -0.1) is 6.58 Å². The third-order valence-electron chi connectivity index (χ3n) is 2.62. The van der Waals surface area contributed by atoms with Gasteiger partial charge < -0.3 is 10.4 Å². The normalized spacial score (nSPS) is 14.4. The molecule has 2 atom stereocenters. The lowest BCUT2D eigenvalue weighted by Crippen LogP contribution is -2.33. The van der Waals surface area contributed by atoms with Gasteiger partial charge in [-0.1, -0.05) is 36.4 Å². The van der Waals surface area contributed by atoms with Crippen molar-refractivity contribution in [3.05, 3.63) is 48.6 Å². The van der Waals surface area contributed by atoms with E-state index in [-0.39, 0.29) is 12.6 Å². The summed E-state index contributed by atoms with van der Waals surface area (Å²) in [6.07, 6.45) is 3.92. The molecule has 88 valence electrons. The predicted octanol–water partition coefficient (Wildman–Crippen LogP) is 2.66. The van der Waals surface area contributed by atoms with Gasteiger partial charge in [-0.25, -0.2) is 0 Å². The Morgan fingerprint density at radius 3 is 2.62 bits per heavy atom. The second kappa shape index (κ2) is 7.20. The highest BCUT2D eigenvalue weighted by Crippen LogP contribution is 2.18. The van der Waals surface area contributed by atoms with Crippen molar-refractivity contribution >= 4 is 0 Å². The van der Waals surface area contributed by atoms with Crippen LogP contribution in [0.2, 0.25) is 0 Å². The highest BCUT2D eigenvalue weighted by Gasteiger charge is 2.12. The van der Waals surface area contributed by atoms with E-state index < -0.39 is 0 Å². The molecule has 0 saturated carbocycles. The van der Waals surface area contributed by atoms with E-state index in [0.29, 0.717) is 6.04 Å². The standard InChI is InChI=1S/C14H21NO/c1-3-4-10-14(15-12(2)11-16)13-8-6-5-7-9-13/h3,5-9,12,14-16H,1,4,10-11H2,2H3/t12-,14?/m1/s1. The number of aliphatic hydroxyl groups excluding tert-OH is 1. The summed E-state index contributed by atoms with van der Waals surface area (Å²) < 4.78 is 0. The third-order valence-corrected chi connectivity index (χ3v) is 2.62. The van der Waals surface area contributed by atoms with Crippen LogP contribution in [-0.2, 0) is 0 Å². The van der Waals surface area contributed by atoms with Crippen LogP contribution in [0.3, 0.4) is 0 Å². The molecule has 16 heavy (non-hydrogen) atoms. The summed E-state index contributed by atoms with van der Waals surface area (Å²) in [6, 6.07) is 10.7. The molecule has 0 bridgehead atoms. The molecule has 0 aliphatic heterocycles. The maximum Gasteiger partial charge on any atom is 0.0582 e. The summed E-state index contributed by atoms with van der Waals surface area (Å²) in [6.45, 7) is 5.90. The Labute approximate surface area is 98.0 Å². The number of aliphatic hydroxyl groups is 1. The first-order valence-corrected chi connectivity index (χ1v) is 5.80. The highest BCUT2D eigenvalue weighted by atomic mass is 16.3. The Hall–Kier alpha value is -1.12. The van der Waals surface area contributed by atoms with Gasteiger partial charge in [0.2, 0.25) is 0 Å². The lowest BCUT2D eigenvalue weighted by Gasteiger charge is -2.22. The van der Waals surface area contributed by atoms with Gasteiger partial charge in [0, 0.05) is 12.1 Å². The van der Waals surface area contributed by atoms with E-state index in [9.17, 15) is 0 Å². The van der Waals surface area contributed by atoms with Crippen molar-refractivity contribution in [3.63, 3.8) is 0 Å². The topological polar surface area (TPSA) is 32.3 Å². The molecule has 0 spiro atoms. The average molecular weight is 219 g/mol. The molecule has 0 heterocycles. The van der Waals surface area contributed by atoms with Gasteiger partial charge in [0.25, 0.3) is 0 Å². The van der Waals surface area contributed by atoms with Gasteiger partial charge in [-0.3, -0.25) is 0 Å². The van der Waals surface area contributed by atoms with Gasteiger partial charge in [0.15, 0.2) is 0 Å². The summed E-state index contributed by atoms with van der Waals surface area (Å²) in [5.74, 6) is 0. The smallest absolute Gasteiger partial charge is 0.0582 e. The van der Waals surface area contributed by atoms with Crippen molar-refractivity contribution in [1.82, 2.24) is 5.32 Å². The maximum atomic E-state index is 9.07. The van der Waals surface area contributed by atoms with Gasteiger partial charge in [0.05, 0.1) is 6.61 Å². The third kappa shape index (κ3) is 4.17. The summed E-state index contributed by atoms with van der Waals surface area (Å²) in [5.41, 5.74) is 1.27. The minimum atomic E-state index is 0.120. The zero-order valence-electron chi connectivity index (χ0n) is 9.89. The number of rotatable bonds is 7. The van der Waals surface area contributed by atoms with Crippen LogP contribution in [0.15, 0.2) is 43.0 Å². The highest BCUT2D eigenvalue weighted by molar-refractivity contribution is 5.19. The second-order valence-corrected chi connectivity index (χ2v) is 4.08. The number of hydrogen-bond acceptors (Lipinski definition) is 2. The molecule has 0 radical (unpaired) electrons. The van der Waals surface area contributed by atoms with Gasteiger partial charge in [-0.05, 0) is 25.3 Å². The lowest BCUT2D eigenvalue weighted by atomic mass is 10.0. The molecule has 1 unspecified atom stereocenters. The molecule has 0 saturated heterocycles. The van der Waals surface area contributed by atoms with Gasteiger partial charge in [0.1, 0.15) is 0 Å². The molecule has 0 amide bonds.